The van der Waals surface area contributed by atoms with E-state index in [9.17, 15) is 4.39 Å². The number of halogens is 1. The maximum Gasteiger partial charge on any atom is 0.186 e. The van der Waals surface area contributed by atoms with Crippen LogP contribution in [-0.4, -0.2) is 15.7 Å². The summed E-state index contributed by atoms with van der Waals surface area (Å²) in [5.41, 5.74) is 6.61. The summed E-state index contributed by atoms with van der Waals surface area (Å²) in [7, 11) is 0. The maximum atomic E-state index is 13.3. The number of nitrogens with zero attached hydrogens (tertiary/aromatic N) is 2. The van der Waals surface area contributed by atoms with E-state index < -0.39 is 5.82 Å². The Kier molecular flexibility index (Phi) is 3.81. The van der Waals surface area contributed by atoms with Crippen molar-refractivity contribution in [1.29, 1.82) is 0 Å². The lowest BCUT2D eigenvalue weighted by Gasteiger charge is -2.05. The second kappa shape index (κ2) is 5.35. The minimum atomic E-state index is -0.545. The highest BCUT2D eigenvalue weighted by molar-refractivity contribution is 7.99. The number of rotatable bonds is 3. The number of hydrogen-bond acceptors (Lipinski definition) is 4. The summed E-state index contributed by atoms with van der Waals surface area (Å²) >= 11 is 1.76. The van der Waals surface area contributed by atoms with Crippen LogP contribution >= 0.6 is 11.8 Å². The van der Waals surface area contributed by atoms with E-state index in [4.69, 9.17) is 5.73 Å². The Balaban J connectivity index is 2.36. The van der Waals surface area contributed by atoms with Gasteiger partial charge in [0.2, 0.25) is 0 Å². The predicted molar refractivity (Wildman–Crippen MR) is 73.0 cm³/mol. The first-order valence-corrected chi connectivity index (χ1v) is 6.63. The highest BCUT2D eigenvalue weighted by atomic mass is 32.2. The zero-order valence-corrected chi connectivity index (χ0v) is 11.1. The van der Waals surface area contributed by atoms with Crippen LogP contribution in [0.3, 0.4) is 0 Å². The molecule has 0 spiro atoms. The van der Waals surface area contributed by atoms with Crippen LogP contribution in [0, 0.1) is 12.7 Å². The molecule has 0 saturated carbocycles. The summed E-state index contributed by atoms with van der Waals surface area (Å²) < 4.78 is 13.3. The third kappa shape index (κ3) is 2.61. The van der Waals surface area contributed by atoms with E-state index in [0.29, 0.717) is 5.82 Å². The van der Waals surface area contributed by atoms with Gasteiger partial charge in [0.15, 0.2) is 17.5 Å². The van der Waals surface area contributed by atoms with Crippen LogP contribution in [0.15, 0.2) is 29.2 Å². The molecular formula is C13H14FN3S. The highest BCUT2D eigenvalue weighted by Gasteiger charge is 2.09. The molecule has 0 saturated heterocycles. The fourth-order valence-corrected chi connectivity index (χ4v) is 2.24. The molecule has 1 aromatic heterocycles. The summed E-state index contributed by atoms with van der Waals surface area (Å²) in [6.45, 7) is 3.68. The minimum Gasteiger partial charge on any atom is -0.381 e. The summed E-state index contributed by atoms with van der Waals surface area (Å²) in [6, 6.07) is 7.84. The van der Waals surface area contributed by atoms with Crippen molar-refractivity contribution in [3.05, 3.63) is 35.8 Å². The molecule has 0 amide bonds. The lowest BCUT2D eigenvalue weighted by atomic mass is 10.2. The number of thioether (sulfide) groups is 1. The second-order valence-electron chi connectivity index (χ2n) is 3.79. The van der Waals surface area contributed by atoms with Crippen molar-refractivity contribution < 1.29 is 4.39 Å². The van der Waals surface area contributed by atoms with Gasteiger partial charge in [-0.25, -0.2) is 14.4 Å². The minimum absolute atomic E-state index is 0.107. The molecule has 0 unspecified atom stereocenters. The van der Waals surface area contributed by atoms with Crippen molar-refractivity contribution in [2.24, 2.45) is 0 Å². The number of nitrogens with two attached hydrogens (primary N) is 1. The van der Waals surface area contributed by atoms with Crippen LogP contribution in [0.4, 0.5) is 10.2 Å². The third-order valence-corrected chi connectivity index (χ3v) is 3.36. The molecule has 94 valence electrons. The lowest BCUT2D eigenvalue weighted by molar-refractivity contribution is 0.608. The van der Waals surface area contributed by atoms with Gasteiger partial charge in [-0.2, -0.15) is 0 Å². The van der Waals surface area contributed by atoms with Crippen LogP contribution in [0.1, 0.15) is 12.6 Å². The van der Waals surface area contributed by atoms with Gasteiger partial charge in [-0.1, -0.05) is 19.1 Å². The van der Waals surface area contributed by atoms with Crippen molar-refractivity contribution in [1.82, 2.24) is 9.97 Å². The summed E-state index contributed by atoms with van der Waals surface area (Å²) in [5.74, 6) is 0.833. The fourth-order valence-electron chi connectivity index (χ4n) is 1.58. The molecule has 1 aromatic carbocycles. The maximum absolute atomic E-state index is 13.3. The van der Waals surface area contributed by atoms with Gasteiger partial charge in [0.1, 0.15) is 0 Å². The number of aromatic nitrogens is 2. The van der Waals surface area contributed by atoms with Crippen molar-refractivity contribution >= 4 is 17.6 Å². The largest absolute Gasteiger partial charge is 0.381 e. The molecule has 0 aliphatic rings. The SMILES string of the molecule is CCSc1ccc(-c2nc(C)c(F)c(N)n2)cc1. The third-order valence-electron chi connectivity index (χ3n) is 2.47. The van der Waals surface area contributed by atoms with Crippen LogP contribution in [0.5, 0.6) is 0 Å². The topological polar surface area (TPSA) is 51.8 Å². The molecule has 18 heavy (non-hydrogen) atoms. The van der Waals surface area contributed by atoms with Gasteiger partial charge in [-0.05, 0) is 24.8 Å². The molecule has 0 fully saturated rings. The monoisotopic (exact) mass is 263 g/mol. The summed E-state index contributed by atoms with van der Waals surface area (Å²) in [6.07, 6.45) is 0. The smallest absolute Gasteiger partial charge is 0.186 e. The Morgan fingerprint density at radius 1 is 1.22 bits per heavy atom. The first-order valence-electron chi connectivity index (χ1n) is 5.64. The highest BCUT2D eigenvalue weighted by Crippen LogP contribution is 2.23. The Labute approximate surface area is 110 Å². The number of hydrogen-bond donors (Lipinski definition) is 1. The van der Waals surface area contributed by atoms with Crippen molar-refractivity contribution in [3.63, 3.8) is 0 Å². The first kappa shape index (κ1) is 12.8. The average molecular weight is 263 g/mol. The van der Waals surface area contributed by atoms with Crippen LogP contribution < -0.4 is 5.73 Å². The molecule has 5 heteroatoms. The zero-order chi connectivity index (χ0) is 13.1. The fraction of sp³-hybridized carbons (Fsp3) is 0.231. The van der Waals surface area contributed by atoms with E-state index in [-0.39, 0.29) is 11.5 Å². The second-order valence-corrected chi connectivity index (χ2v) is 5.13. The molecule has 0 aliphatic heterocycles. The van der Waals surface area contributed by atoms with Gasteiger partial charge in [-0.15, -0.1) is 11.8 Å². The van der Waals surface area contributed by atoms with Gasteiger partial charge in [-0.3, -0.25) is 0 Å². The van der Waals surface area contributed by atoms with Crippen molar-refractivity contribution in [2.75, 3.05) is 11.5 Å². The van der Waals surface area contributed by atoms with E-state index in [1.54, 1.807) is 18.7 Å². The molecule has 3 nitrogen and oxygen atoms in total. The quantitative estimate of drug-likeness (QED) is 0.863. The first-order chi connectivity index (χ1) is 8.61. The van der Waals surface area contributed by atoms with Crippen LogP contribution in [0.2, 0.25) is 0 Å². The van der Waals surface area contributed by atoms with E-state index in [1.165, 1.54) is 4.90 Å². The molecule has 0 radical (unpaired) electrons. The van der Waals surface area contributed by atoms with Crippen molar-refractivity contribution in [2.45, 2.75) is 18.7 Å². The van der Waals surface area contributed by atoms with Crippen LogP contribution in [0.25, 0.3) is 11.4 Å². The predicted octanol–water partition coefficient (Wildman–Crippen LogP) is 3.29. The Morgan fingerprint density at radius 3 is 2.44 bits per heavy atom. The zero-order valence-electron chi connectivity index (χ0n) is 10.3. The van der Waals surface area contributed by atoms with E-state index in [2.05, 4.69) is 16.9 Å². The standard InChI is InChI=1S/C13H14FN3S/c1-3-18-10-6-4-9(5-7-10)13-16-8(2)11(14)12(15)17-13/h4-7H,3H2,1-2H3,(H2,15,16,17). The Morgan fingerprint density at radius 2 is 1.89 bits per heavy atom. The van der Waals surface area contributed by atoms with Gasteiger partial charge < -0.3 is 5.73 Å². The number of benzene rings is 1. The van der Waals surface area contributed by atoms with Gasteiger partial charge in [0, 0.05) is 10.5 Å². The molecule has 2 N–H and O–H groups in total. The molecule has 0 bridgehead atoms. The molecule has 1 heterocycles. The molecule has 2 rings (SSSR count). The van der Waals surface area contributed by atoms with Crippen LogP contribution in [-0.2, 0) is 0 Å². The average Bonchev–Trinajstić information content (AvgIpc) is 2.37. The molecular weight excluding hydrogens is 249 g/mol. The van der Waals surface area contributed by atoms with Gasteiger partial charge in [0.25, 0.3) is 0 Å². The Bertz CT molecular complexity index is 532. The molecule has 0 aliphatic carbocycles. The lowest BCUT2D eigenvalue weighted by Crippen LogP contribution is -2.02. The Hall–Kier alpha value is -1.62. The normalized spacial score (nSPS) is 10.6. The van der Waals surface area contributed by atoms with E-state index in [1.807, 2.05) is 24.3 Å². The molecule has 0 atom stereocenters. The number of aryl methyl sites for hydroxylation is 1. The van der Waals surface area contributed by atoms with Crippen molar-refractivity contribution in [3.8, 4) is 11.4 Å². The number of nitrogen functional groups attached to an aromatic ring is 1. The number of anilines is 1. The summed E-state index contributed by atoms with van der Waals surface area (Å²) in [5, 5.41) is 0. The summed E-state index contributed by atoms with van der Waals surface area (Å²) in [4.78, 5) is 9.26. The van der Waals surface area contributed by atoms with E-state index >= 15 is 0 Å². The van der Waals surface area contributed by atoms with Gasteiger partial charge in [0.05, 0.1) is 5.69 Å². The molecule has 2 aromatic rings. The van der Waals surface area contributed by atoms with Gasteiger partial charge >= 0.3 is 0 Å². The van der Waals surface area contributed by atoms with E-state index in [0.717, 1.165) is 11.3 Å².